The molecule has 2 heterocycles. The van der Waals surface area contributed by atoms with Crippen LogP contribution >= 0.6 is 39.9 Å². The minimum atomic E-state index is 0. The molecule has 3 nitrogen and oxygen atoms in total. The van der Waals surface area contributed by atoms with Crippen molar-refractivity contribution in [3.8, 4) is 0 Å². The van der Waals surface area contributed by atoms with E-state index in [1.54, 1.807) is 0 Å². The molecular weight excluding hydrogens is 373 g/mol. The fraction of sp³-hybridized carbons (Fsp3) is 0.600. The van der Waals surface area contributed by atoms with Crippen molar-refractivity contribution < 1.29 is 0 Å². The number of piperazine rings is 1. The Labute approximate surface area is 146 Å². The molecule has 0 bridgehead atoms. The number of hydrogen-bond donors (Lipinski definition) is 1. The Hall–Kier alpha value is 0.160. The van der Waals surface area contributed by atoms with Crippen LogP contribution in [0.25, 0.3) is 0 Å². The van der Waals surface area contributed by atoms with Gasteiger partial charge < -0.3 is 5.32 Å². The van der Waals surface area contributed by atoms with Crippen LogP contribution in [0.4, 0.5) is 0 Å². The van der Waals surface area contributed by atoms with Gasteiger partial charge >= 0.3 is 0 Å². The van der Waals surface area contributed by atoms with Crippen molar-refractivity contribution in [1.82, 2.24) is 15.1 Å². The van der Waals surface area contributed by atoms with Crippen LogP contribution in [0.3, 0.4) is 0 Å². The SMILES string of the molecule is Cl.Clc1cc(CN2CCN(C3CCNC3)CC2)ccc1Br. The molecule has 1 aromatic carbocycles. The lowest BCUT2D eigenvalue weighted by Gasteiger charge is -2.37. The lowest BCUT2D eigenvalue weighted by atomic mass is 10.1. The minimum Gasteiger partial charge on any atom is -0.315 e. The summed E-state index contributed by atoms with van der Waals surface area (Å²) in [7, 11) is 0. The zero-order valence-corrected chi connectivity index (χ0v) is 15.2. The quantitative estimate of drug-likeness (QED) is 0.849. The molecule has 2 aliphatic rings. The molecule has 3 rings (SSSR count). The minimum absolute atomic E-state index is 0. The highest BCUT2D eigenvalue weighted by Gasteiger charge is 2.25. The van der Waals surface area contributed by atoms with Crippen LogP contribution in [0.5, 0.6) is 0 Å². The van der Waals surface area contributed by atoms with Crippen molar-refractivity contribution in [2.75, 3.05) is 39.3 Å². The monoisotopic (exact) mass is 393 g/mol. The maximum Gasteiger partial charge on any atom is 0.0551 e. The van der Waals surface area contributed by atoms with Crippen molar-refractivity contribution in [2.24, 2.45) is 0 Å². The van der Waals surface area contributed by atoms with Crippen molar-refractivity contribution >= 4 is 39.9 Å². The smallest absolute Gasteiger partial charge is 0.0551 e. The molecule has 1 N–H and O–H groups in total. The van der Waals surface area contributed by atoms with Gasteiger partial charge in [-0.15, -0.1) is 12.4 Å². The second kappa shape index (κ2) is 8.14. The van der Waals surface area contributed by atoms with E-state index >= 15 is 0 Å². The molecule has 6 heteroatoms. The molecule has 2 saturated heterocycles. The Balaban J connectivity index is 0.00000161. The molecule has 0 spiro atoms. The van der Waals surface area contributed by atoms with E-state index in [0.717, 1.165) is 35.2 Å². The van der Waals surface area contributed by atoms with Crippen LogP contribution in [-0.4, -0.2) is 55.1 Å². The largest absolute Gasteiger partial charge is 0.315 e. The maximum atomic E-state index is 6.16. The van der Waals surface area contributed by atoms with Crippen molar-refractivity contribution in [1.29, 1.82) is 0 Å². The van der Waals surface area contributed by atoms with Crippen LogP contribution in [0.1, 0.15) is 12.0 Å². The predicted molar refractivity (Wildman–Crippen MR) is 94.5 cm³/mol. The average molecular weight is 395 g/mol. The first-order chi connectivity index (χ1) is 9.72. The Morgan fingerprint density at radius 1 is 1.24 bits per heavy atom. The van der Waals surface area contributed by atoms with E-state index in [0.29, 0.717) is 0 Å². The molecule has 1 aromatic rings. The third-order valence-electron chi connectivity index (χ3n) is 4.35. The van der Waals surface area contributed by atoms with Crippen LogP contribution in [0.15, 0.2) is 22.7 Å². The third-order valence-corrected chi connectivity index (χ3v) is 5.58. The first kappa shape index (κ1) is 17.5. The summed E-state index contributed by atoms with van der Waals surface area (Å²) < 4.78 is 0.974. The van der Waals surface area contributed by atoms with Gasteiger partial charge in [0.05, 0.1) is 5.02 Å². The molecule has 0 radical (unpaired) electrons. The number of nitrogens with one attached hydrogen (secondary N) is 1. The van der Waals surface area contributed by atoms with E-state index < -0.39 is 0 Å². The topological polar surface area (TPSA) is 18.5 Å². The normalized spacial score (nSPS) is 24.0. The van der Waals surface area contributed by atoms with E-state index in [4.69, 9.17) is 11.6 Å². The first-order valence-electron chi connectivity index (χ1n) is 7.33. The standard InChI is InChI=1S/C15H21BrClN3.ClH/c16-14-2-1-12(9-15(14)17)11-19-5-7-20(8-6-19)13-3-4-18-10-13;/h1-2,9,13,18H,3-8,10-11H2;1H. The van der Waals surface area contributed by atoms with Gasteiger partial charge in [0, 0.05) is 49.8 Å². The van der Waals surface area contributed by atoms with Gasteiger partial charge in [0.1, 0.15) is 0 Å². The van der Waals surface area contributed by atoms with Gasteiger partial charge in [-0.05, 0) is 46.6 Å². The summed E-state index contributed by atoms with van der Waals surface area (Å²) >= 11 is 9.60. The Kier molecular flexibility index (Phi) is 6.79. The zero-order valence-electron chi connectivity index (χ0n) is 12.0. The number of rotatable bonds is 3. The van der Waals surface area contributed by atoms with Crippen molar-refractivity contribution in [3.05, 3.63) is 33.3 Å². The summed E-state index contributed by atoms with van der Waals surface area (Å²) in [5, 5.41) is 4.26. The molecular formula is C15H22BrCl2N3. The lowest BCUT2D eigenvalue weighted by Crippen LogP contribution is -2.50. The first-order valence-corrected chi connectivity index (χ1v) is 8.50. The van der Waals surface area contributed by atoms with Gasteiger partial charge in [-0.3, -0.25) is 9.80 Å². The van der Waals surface area contributed by atoms with Crippen molar-refractivity contribution in [3.63, 3.8) is 0 Å². The molecule has 118 valence electrons. The molecule has 0 aromatic heterocycles. The van der Waals surface area contributed by atoms with E-state index in [1.807, 2.05) is 6.07 Å². The van der Waals surface area contributed by atoms with E-state index in [9.17, 15) is 0 Å². The summed E-state index contributed by atoms with van der Waals surface area (Å²) in [5.74, 6) is 0. The molecule has 0 aliphatic carbocycles. The van der Waals surface area contributed by atoms with E-state index in [2.05, 4.69) is 43.2 Å². The highest BCUT2D eigenvalue weighted by atomic mass is 79.9. The van der Waals surface area contributed by atoms with E-state index in [1.165, 1.54) is 38.2 Å². The highest BCUT2D eigenvalue weighted by Crippen LogP contribution is 2.24. The van der Waals surface area contributed by atoms with Gasteiger partial charge in [-0.1, -0.05) is 17.7 Å². The number of hydrogen-bond acceptors (Lipinski definition) is 3. The van der Waals surface area contributed by atoms with E-state index in [-0.39, 0.29) is 12.4 Å². The summed E-state index contributed by atoms with van der Waals surface area (Å²) in [4.78, 5) is 5.17. The Morgan fingerprint density at radius 3 is 2.62 bits per heavy atom. The summed E-state index contributed by atoms with van der Waals surface area (Å²) in [6.07, 6.45) is 1.31. The van der Waals surface area contributed by atoms with Gasteiger partial charge in [-0.25, -0.2) is 0 Å². The molecule has 0 amide bonds. The molecule has 2 fully saturated rings. The van der Waals surface area contributed by atoms with Crippen LogP contribution in [0.2, 0.25) is 5.02 Å². The van der Waals surface area contributed by atoms with Crippen LogP contribution in [-0.2, 0) is 6.54 Å². The summed E-state index contributed by atoms with van der Waals surface area (Å²) in [5.41, 5.74) is 1.30. The van der Waals surface area contributed by atoms with Crippen molar-refractivity contribution in [2.45, 2.75) is 19.0 Å². The number of benzene rings is 1. The fourth-order valence-electron chi connectivity index (χ4n) is 3.13. The summed E-state index contributed by atoms with van der Waals surface area (Å²) in [6.45, 7) is 8.05. The van der Waals surface area contributed by atoms with Gasteiger partial charge in [0.2, 0.25) is 0 Å². The number of halogens is 3. The Morgan fingerprint density at radius 2 is 2.00 bits per heavy atom. The Bertz CT molecular complexity index is 458. The molecule has 1 atom stereocenters. The second-order valence-electron chi connectivity index (χ2n) is 5.71. The molecule has 1 unspecified atom stereocenters. The second-order valence-corrected chi connectivity index (χ2v) is 6.97. The predicted octanol–water partition coefficient (Wildman–Crippen LogP) is 3.00. The fourth-order valence-corrected chi connectivity index (χ4v) is 3.58. The van der Waals surface area contributed by atoms with Crippen LogP contribution in [0, 0.1) is 0 Å². The zero-order chi connectivity index (χ0) is 13.9. The highest BCUT2D eigenvalue weighted by molar-refractivity contribution is 9.10. The third kappa shape index (κ3) is 4.57. The maximum absolute atomic E-state index is 6.16. The number of nitrogens with zero attached hydrogens (tertiary/aromatic N) is 2. The molecule has 2 aliphatic heterocycles. The van der Waals surface area contributed by atoms with Crippen LogP contribution < -0.4 is 5.32 Å². The average Bonchev–Trinajstić information content (AvgIpc) is 2.98. The molecule has 21 heavy (non-hydrogen) atoms. The van der Waals surface area contributed by atoms with Gasteiger partial charge in [-0.2, -0.15) is 0 Å². The van der Waals surface area contributed by atoms with Gasteiger partial charge in [0.15, 0.2) is 0 Å². The lowest BCUT2D eigenvalue weighted by molar-refractivity contribution is 0.0981. The van der Waals surface area contributed by atoms with Gasteiger partial charge in [0.25, 0.3) is 0 Å². The summed E-state index contributed by atoms with van der Waals surface area (Å²) in [6, 6.07) is 7.03. The molecule has 0 saturated carbocycles.